The first-order valence-corrected chi connectivity index (χ1v) is 11.9. The van der Waals surface area contributed by atoms with Gasteiger partial charge in [0.25, 0.3) is 0 Å². The molecule has 1 aromatic heterocycles. The third-order valence-electron chi connectivity index (χ3n) is 7.43. The Bertz CT molecular complexity index is 862. The highest BCUT2D eigenvalue weighted by Crippen LogP contribution is 2.37. The molecule has 1 aliphatic carbocycles. The fraction of sp³-hybridized carbons (Fsp3) is 0.538. The number of anilines is 1. The summed E-state index contributed by atoms with van der Waals surface area (Å²) in [6.07, 6.45) is 14.2. The van der Waals surface area contributed by atoms with E-state index in [9.17, 15) is 4.79 Å². The molecule has 0 N–H and O–H groups in total. The third kappa shape index (κ3) is 3.90. The number of aryl methyl sites for hydroxylation is 1. The van der Waals surface area contributed by atoms with Crippen molar-refractivity contribution in [2.75, 3.05) is 18.0 Å². The number of carbonyl (C=O) groups is 1. The molecule has 5 rings (SSSR count). The van der Waals surface area contributed by atoms with Crippen LogP contribution in [0.1, 0.15) is 68.5 Å². The number of fused-ring (bicyclic) bond motifs is 1. The van der Waals surface area contributed by atoms with E-state index in [0.29, 0.717) is 11.9 Å². The number of rotatable bonds is 4. The average Bonchev–Trinajstić information content (AvgIpc) is 3.28. The van der Waals surface area contributed by atoms with Crippen molar-refractivity contribution < 1.29 is 4.79 Å². The summed E-state index contributed by atoms with van der Waals surface area (Å²) in [6, 6.07) is 13.5. The van der Waals surface area contributed by atoms with Crippen molar-refractivity contribution in [1.29, 1.82) is 0 Å². The first kappa shape index (κ1) is 19.7. The lowest BCUT2D eigenvalue weighted by molar-refractivity contribution is -0.124. The van der Waals surface area contributed by atoms with E-state index < -0.39 is 0 Å². The second kappa shape index (κ2) is 8.89. The monoisotopic (exact) mass is 403 g/mol. The molecule has 2 aliphatic heterocycles. The van der Waals surface area contributed by atoms with Crippen LogP contribution in [0.15, 0.2) is 48.8 Å². The van der Waals surface area contributed by atoms with E-state index in [1.165, 1.54) is 48.9 Å². The molecule has 2 unspecified atom stereocenters. The second-order valence-electron chi connectivity index (χ2n) is 9.30. The Balaban J connectivity index is 1.40. The van der Waals surface area contributed by atoms with Gasteiger partial charge in [0.15, 0.2) is 0 Å². The fourth-order valence-electron chi connectivity index (χ4n) is 5.89. The number of benzene rings is 1. The molecule has 0 bridgehead atoms. The van der Waals surface area contributed by atoms with Crippen LogP contribution in [0, 0.1) is 5.92 Å². The number of para-hydroxylation sites is 1. The van der Waals surface area contributed by atoms with E-state index in [1.54, 1.807) is 0 Å². The molecule has 1 saturated heterocycles. The van der Waals surface area contributed by atoms with Gasteiger partial charge in [0.2, 0.25) is 5.91 Å². The first-order chi connectivity index (χ1) is 14.8. The van der Waals surface area contributed by atoms with Crippen molar-refractivity contribution in [1.82, 2.24) is 9.88 Å². The zero-order chi connectivity index (χ0) is 20.3. The van der Waals surface area contributed by atoms with Gasteiger partial charge < -0.3 is 4.90 Å². The third-order valence-corrected chi connectivity index (χ3v) is 7.43. The second-order valence-corrected chi connectivity index (χ2v) is 9.30. The Kier molecular flexibility index (Phi) is 5.85. The van der Waals surface area contributed by atoms with Crippen molar-refractivity contribution in [3.05, 3.63) is 59.9 Å². The zero-order valence-corrected chi connectivity index (χ0v) is 17.9. The summed E-state index contributed by atoms with van der Waals surface area (Å²) < 4.78 is 0. The van der Waals surface area contributed by atoms with E-state index in [2.05, 4.69) is 45.1 Å². The molecular weight excluding hydrogens is 370 g/mol. The van der Waals surface area contributed by atoms with Crippen LogP contribution < -0.4 is 4.90 Å². The average molecular weight is 404 g/mol. The van der Waals surface area contributed by atoms with Crippen LogP contribution in [-0.4, -0.2) is 34.9 Å². The summed E-state index contributed by atoms with van der Waals surface area (Å²) in [4.78, 5) is 22.9. The summed E-state index contributed by atoms with van der Waals surface area (Å²) in [6.45, 7) is 2.08. The lowest BCUT2D eigenvalue weighted by Gasteiger charge is -2.42. The van der Waals surface area contributed by atoms with Gasteiger partial charge in [0, 0.05) is 42.6 Å². The van der Waals surface area contributed by atoms with Crippen molar-refractivity contribution >= 4 is 11.6 Å². The highest BCUT2D eigenvalue weighted by atomic mass is 16.2. The molecule has 2 atom stereocenters. The minimum absolute atomic E-state index is 0.208. The van der Waals surface area contributed by atoms with Gasteiger partial charge in [-0.25, -0.2) is 0 Å². The predicted octanol–water partition coefficient (Wildman–Crippen LogP) is 5.15. The van der Waals surface area contributed by atoms with E-state index in [-0.39, 0.29) is 12.0 Å². The Hall–Kier alpha value is -2.20. The molecule has 30 heavy (non-hydrogen) atoms. The number of aromatic nitrogens is 1. The zero-order valence-electron chi connectivity index (χ0n) is 17.9. The van der Waals surface area contributed by atoms with Crippen molar-refractivity contribution in [3.63, 3.8) is 0 Å². The Morgan fingerprint density at radius 1 is 0.967 bits per heavy atom. The van der Waals surface area contributed by atoms with Crippen molar-refractivity contribution in [2.24, 2.45) is 5.92 Å². The van der Waals surface area contributed by atoms with Gasteiger partial charge in [-0.15, -0.1) is 0 Å². The summed E-state index contributed by atoms with van der Waals surface area (Å²) in [7, 11) is 0. The number of amides is 1. The fourth-order valence-corrected chi connectivity index (χ4v) is 5.89. The summed E-state index contributed by atoms with van der Waals surface area (Å²) >= 11 is 0. The highest BCUT2D eigenvalue weighted by Gasteiger charge is 2.37. The maximum absolute atomic E-state index is 13.7. The number of hydrogen-bond donors (Lipinski definition) is 0. The molecule has 4 heteroatoms. The SMILES string of the molecule is O=C(C1CCCCC1)N1c2ccccc2CCC1CN1CCCC1c1cccnc1. The van der Waals surface area contributed by atoms with Gasteiger partial charge in [-0.05, 0) is 68.3 Å². The minimum atomic E-state index is 0.208. The standard InChI is InChI=1S/C26H33N3O/c30-26(21-9-2-1-3-10-21)29-23(15-14-20-8-4-5-12-25(20)29)19-28-17-7-13-24(28)22-11-6-16-27-18-22/h4-6,8,11-12,16,18,21,23-24H,1-3,7,9-10,13-15,17,19H2. The van der Waals surface area contributed by atoms with Crippen LogP contribution in [0.3, 0.4) is 0 Å². The van der Waals surface area contributed by atoms with Gasteiger partial charge in [0.05, 0.1) is 0 Å². The molecule has 0 spiro atoms. The number of carbonyl (C=O) groups excluding carboxylic acids is 1. The molecule has 2 aromatic rings. The van der Waals surface area contributed by atoms with Gasteiger partial charge in [0.1, 0.15) is 0 Å². The van der Waals surface area contributed by atoms with Gasteiger partial charge in [-0.1, -0.05) is 43.5 Å². The molecule has 0 radical (unpaired) electrons. The van der Waals surface area contributed by atoms with Crippen LogP contribution in [0.25, 0.3) is 0 Å². The molecule has 1 aromatic carbocycles. The number of likely N-dealkylation sites (tertiary alicyclic amines) is 1. The molecule has 1 saturated carbocycles. The highest BCUT2D eigenvalue weighted by molar-refractivity contribution is 5.97. The predicted molar refractivity (Wildman–Crippen MR) is 120 cm³/mol. The molecule has 3 aliphatic rings. The number of pyridine rings is 1. The minimum Gasteiger partial charge on any atom is -0.308 e. The van der Waals surface area contributed by atoms with Gasteiger partial charge >= 0.3 is 0 Å². The lowest BCUT2D eigenvalue weighted by atomic mass is 9.86. The summed E-state index contributed by atoms with van der Waals surface area (Å²) in [5.41, 5.74) is 3.82. The van der Waals surface area contributed by atoms with Crippen LogP contribution in [0.2, 0.25) is 0 Å². The van der Waals surface area contributed by atoms with Crippen LogP contribution in [0.5, 0.6) is 0 Å². The van der Waals surface area contributed by atoms with Crippen LogP contribution in [-0.2, 0) is 11.2 Å². The smallest absolute Gasteiger partial charge is 0.230 e. The summed E-state index contributed by atoms with van der Waals surface area (Å²) in [5.74, 6) is 0.587. The van der Waals surface area contributed by atoms with Crippen molar-refractivity contribution in [3.8, 4) is 0 Å². The topological polar surface area (TPSA) is 36.4 Å². The lowest BCUT2D eigenvalue weighted by Crippen LogP contribution is -2.51. The normalized spacial score (nSPS) is 25.3. The van der Waals surface area contributed by atoms with Crippen LogP contribution >= 0.6 is 0 Å². The molecule has 2 fully saturated rings. The molecular formula is C26H33N3O. The quantitative estimate of drug-likeness (QED) is 0.709. The van der Waals surface area contributed by atoms with E-state index >= 15 is 0 Å². The van der Waals surface area contributed by atoms with Crippen molar-refractivity contribution in [2.45, 2.75) is 69.9 Å². The van der Waals surface area contributed by atoms with Gasteiger partial charge in [-0.2, -0.15) is 0 Å². The Labute approximate surface area is 180 Å². The summed E-state index contributed by atoms with van der Waals surface area (Å²) in [5, 5.41) is 0. The van der Waals surface area contributed by atoms with Crippen LogP contribution in [0.4, 0.5) is 5.69 Å². The van der Waals surface area contributed by atoms with E-state index in [0.717, 1.165) is 38.8 Å². The molecule has 1 amide bonds. The molecule has 158 valence electrons. The molecule has 3 heterocycles. The Morgan fingerprint density at radius 3 is 2.67 bits per heavy atom. The number of hydrogen-bond acceptors (Lipinski definition) is 3. The molecule has 4 nitrogen and oxygen atoms in total. The van der Waals surface area contributed by atoms with E-state index in [1.807, 2.05) is 18.5 Å². The van der Waals surface area contributed by atoms with Gasteiger partial charge in [-0.3, -0.25) is 14.7 Å². The Morgan fingerprint density at radius 2 is 1.83 bits per heavy atom. The maximum Gasteiger partial charge on any atom is 0.230 e. The number of nitrogens with zero attached hydrogens (tertiary/aromatic N) is 3. The first-order valence-electron chi connectivity index (χ1n) is 11.9. The largest absolute Gasteiger partial charge is 0.308 e. The van der Waals surface area contributed by atoms with E-state index in [4.69, 9.17) is 0 Å². The maximum atomic E-state index is 13.7.